The lowest BCUT2D eigenvalue weighted by molar-refractivity contribution is -0.115. The summed E-state index contributed by atoms with van der Waals surface area (Å²) in [6.45, 7) is 6.65. The fraction of sp³-hybridized carbons (Fsp3) is 0.278. The largest absolute Gasteiger partial charge is 0.478 e. The lowest BCUT2D eigenvalue weighted by atomic mass is 9.72. The van der Waals surface area contributed by atoms with Gasteiger partial charge in [0.05, 0.1) is 43.9 Å². The number of aromatic carboxylic acids is 1. The number of amides is 2. The molecule has 262 valence electrons. The molecule has 0 fully saturated rings. The van der Waals surface area contributed by atoms with Gasteiger partial charge < -0.3 is 20.5 Å². The van der Waals surface area contributed by atoms with E-state index in [9.17, 15) is 24.3 Å². The maximum atomic E-state index is 14.1. The van der Waals surface area contributed by atoms with Crippen molar-refractivity contribution >= 4 is 104 Å². The molecule has 50 heavy (non-hydrogen) atoms. The third-order valence-electron chi connectivity index (χ3n) is 8.51. The number of ether oxygens (including phenoxy) is 1. The van der Waals surface area contributed by atoms with Gasteiger partial charge in [-0.25, -0.2) is 9.59 Å². The highest BCUT2D eigenvalue weighted by molar-refractivity contribution is 8.00. The second kappa shape index (κ2) is 15.6. The van der Waals surface area contributed by atoms with Crippen LogP contribution in [-0.4, -0.2) is 36.0 Å². The molecule has 2 atom stereocenters. The summed E-state index contributed by atoms with van der Waals surface area (Å²) in [7, 11) is 1.33. The van der Waals surface area contributed by atoms with E-state index in [-0.39, 0.29) is 32.1 Å². The predicted octanol–water partition coefficient (Wildman–Crippen LogP) is 10.7. The molecule has 0 spiro atoms. The Morgan fingerprint density at radius 1 is 0.900 bits per heavy atom. The Morgan fingerprint density at radius 3 is 2.18 bits per heavy atom. The first-order chi connectivity index (χ1) is 23.6. The van der Waals surface area contributed by atoms with Gasteiger partial charge in [-0.1, -0.05) is 104 Å². The van der Waals surface area contributed by atoms with E-state index < -0.39 is 39.2 Å². The minimum Gasteiger partial charge on any atom is -0.478 e. The lowest BCUT2D eigenvalue weighted by Gasteiger charge is -2.33. The molecule has 14 heteroatoms. The van der Waals surface area contributed by atoms with Crippen LogP contribution in [0.1, 0.15) is 79.5 Å². The van der Waals surface area contributed by atoms with Gasteiger partial charge in [0.1, 0.15) is 10.3 Å². The second-order valence-electron chi connectivity index (χ2n) is 12.7. The van der Waals surface area contributed by atoms with Crippen molar-refractivity contribution in [1.82, 2.24) is 0 Å². The molecule has 0 bridgehead atoms. The molecule has 8 nitrogen and oxygen atoms in total. The summed E-state index contributed by atoms with van der Waals surface area (Å²) in [5, 5.41) is 13.8. The van der Waals surface area contributed by atoms with Crippen molar-refractivity contribution in [3.63, 3.8) is 0 Å². The van der Waals surface area contributed by atoms with Gasteiger partial charge in [-0.2, -0.15) is 0 Å². The Kier molecular flexibility index (Phi) is 11.8. The van der Waals surface area contributed by atoms with E-state index in [0.29, 0.717) is 26.9 Å². The zero-order valence-electron chi connectivity index (χ0n) is 27.3. The van der Waals surface area contributed by atoms with Gasteiger partial charge in [-0.15, -0.1) is 23.1 Å². The SMILES string of the molecule is COC(=O)c1c(NC(=O)C(Sc2cccc(NC(=O)c3c(Cl)c(Cl)c(Cl)c(Cl)c3C(=O)O)c2)c2ccccc2)sc2c1CCC(C(C)(C)C)C2. The van der Waals surface area contributed by atoms with Crippen molar-refractivity contribution in [1.29, 1.82) is 0 Å². The van der Waals surface area contributed by atoms with Gasteiger partial charge in [-0.3, -0.25) is 9.59 Å². The van der Waals surface area contributed by atoms with Gasteiger partial charge in [0.2, 0.25) is 5.91 Å². The molecule has 3 N–H and O–H groups in total. The van der Waals surface area contributed by atoms with Crippen molar-refractivity contribution in [2.75, 3.05) is 17.7 Å². The molecule has 3 aromatic carbocycles. The number of carboxylic acids is 1. The fourth-order valence-electron chi connectivity index (χ4n) is 5.83. The summed E-state index contributed by atoms with van der Waals surface area (Å²) in [6.07, 6.45) is 2.46. The van der Waals surface area contributed by atoms with E-state index in [1.54, 1.807) is 24.3 Å². The maximum Gasteiger partial charge on any atom is 0.341 e. The van der Waals surface area contributed by atoms with Crippen LogP contribution in [-0.2, 0) is 22.4 Å². The van der Waals surface area contributed by atoms with Crippen LogP contribution in [0.3, 0.4) is 0 Å². The Hall–Kier alpha value is -3.25. The topological polar surface area (TPSA) is 122 Å². The highest BCUT2D eigenvalue weighted by atomic mass is 35.5. The highest BCUT2D eigenvalue weighted by Gasteiger charge is 2.35. The van der Waals surface area contributed by atoms with Crippen molar-refractivity contribution in [3.8, 4) is 0 Å². The number of methoxy groups -OCH3 is 1. The van der Waals surface area contributed by atoms with E-state index in [0.717, 1.165) is 29.7 Å². The number of thioether (sulfide) groups is 1. The number of halogens is 4. The van der Waals surface area contributed by atoms with E-state index in [4.69, 9.17) is 51.1 Å². The number of anilines is 2. The molecule has 2 amide bonds. The molecule has 1 aliphatic carbocycles. The summed E-state index contributed by atoms with van der Waals surface area (Å²) >= 11 is 27.2. The third-order valence-corrected chi connectivity index (χ3v) is 12.7. The predicted molar refractivity (Wildman–Crippen MR) is 202 cm³/mol. The molecule has 2 unspecified atom stereocenters. The van der Waals surface area contributed by atoms with E-state index in [2.05, 4.69) is 31.4 Å². The number of nitrogens with one attached hydrogen (secondary N) is 2. The summed E-state index contributed by atoms with van der Waals surface area (Å²) in [5.41, 5.74) is 1.38. The monoisotopic (exact) mass is 792 g/mol. The van der Waals surface area contributed by atoms with Crippen LogP contribution in [0.5, 0.6) is 0 Å². The zero-order valence-corrected chi connectivity index (χ0v) is 31.9. The highest BCUT2D eigenvalue weighted by Crippen LogP contribution is 2.46. The first kappa shape index (κ1) is 38.0. The molecule has 0 saturated heterocycles. The standard InChI is InChI=1S/C36H32Cl4N2O6S2/c1-36(2,3)18-13-14-21-22(15-18)50-33(23(21)35(47)48-4)42-32(44)30(17-9-6-5-7-10-17)49-20-12-8-11-19(16-20)41-31(43)24-25(34(45)46)27(38)29(40)28(39)26(24)37/h5-12,16,18,30H,13-15H2,1-4H3,(H,41,43)(H,42,44)(H,45,46). The fourth-order valence-corrected chi connectivity index (χ4v) is 9.25. The number of fused-ring (bicyclic) bond motifs is 1. The third kappa shape index (κ3) is 7.96. The molecule has 0 aliphatic heterocycles. The van der Waals surface area contributed by atoms with Gasteiger partial charge in [0.15, 0.2) is 0 Å². The van der Waals surface area contributed by atoms with E-state index >= 15 is 0 Å². The number of benzene rings is 3. The molecule has 1 heterocycles. The first-order valence-corrected chi connectivity index (χ1v) is 18.6. The number of carboxylic acid groups (broad SMARTS) is 1. The number of thiophene rings is 1. The molecule has 1 aliphatic rings. The van der Waals surface area contributed by atoms with Crippen LogP contribution < -0.4 is 10.6 Å². The van der Waals surface area contributed by atoms with E-state index in [1.807, 2.05) is 30.3 Å². The van der Waals surface area contributed by atoms with Crippen LogP contribution in [0, 0.1) is 11.3 Å². The second-order valence-corrected chi connectivity index (χ2v) is 16.5. The van der Waals surface area contributed by atoms with Crippen molar-refractivity contribution in [2.45, 2.75) is 50.2 Å². The van der Waals surface area contributed by atoms with Gasteiger partial charge in [0, 0.05) is 15.5 Å². The zero-order chi connectivity index (χ0) is 36.5. The van der Waals surface area contributed by atoms with Crippen LogP contribution in [0.15, 0.2) is 59.5 Å². The van der Waals surface area contributed by atoms with E-state index in [1.165, 1.54) is 30.2 Å². The average molecular weight is 795 g/mol. The molecular formula is C36H32Cl4N2O6S2. The lowest BCUT2D eigenvalue weighted by Crippen LogP contribution is -2.26. The molecule has 1 aromatic heterocycles. The summed E-state index contributed by atoms with van der Waals surface area (Å²) < 4.78 is 5.16. The van der Waals surface area contributed by atoms with Crippen LogP contribution in [0.2, 0.25) is 20.1 Å². The Bertz CT molecular complexity index is 1990. The molecule has 5 rings (SSSR count). The number of esters is 1. The summed E-state index contributed by atoms with van der Waals surface area (Å²) in [4.78, 5) is 54.3. The summed E-state index contributed by atoms with van der Waals surface area (Å²) in [5.74, 6) is -2.80. The average Bonchev–Trinajstić information content (AvgIpc) is 3.44. The van der Waals surface area contributed by atoms with Crippen molar-refractivity contribution in [2.24, 2.45) is 11.3 Å². The van der Waals surface area contributed by atoms with Gasteiger partial charge in [-0.05, 0) is 59.9 Å². The van der Waals surface area contributed by atoms with Crippen LogP contribution in [0.4, 0.5) is 10.7 Å². The summed E-state index contributed by atoms with van der Waals surface area (Å²) in [6, 6.07) is 15.8. The number of carbonyl (C=O) groups is 4. The smallest absolute Gasteiger partial charge is 0.341 e. The normalized spacial score (nSPS) is 14.8. The minimum absolute atomic E-state index is 0.0965. The first-order valence-electron chi connectivity index (χ1n) is 15.4. The Morgan fingerprint density at radius 2 is 1.56 bits per heavy atom. The Balaban J connectivity index is 1.44. The quantitative estimate of drug-likeness (QED) is 0.0667. The number of rotatable bonds is 9. The molecular weight excluding hydrogens is 762 g/mol. The number of hydrogen-bond acceptors (Lipinski definition) is 7. The maximum absolute atomic E-state index is 14.1. The van der Waals surface area contributed by atoms with Crippen molar-refractivity contribution < 1.29 is 29.0 Å². The van der Waals surface area contributed by atoms with Gasteiger partial charge >= 0.3 is 11.9 Å². The van der Waals surface area contributed by atoms with Crippen LogP contribution in [0.25, 0.3) is 0 Å². The van der Waals surface area contributed by atoms with Crippen LogP contribution >= 0.6 is 69.5 Å². The molecule has 0 saturated carbocycles. The number of carbonyl (C=O) groups excluding carboxylic acids is 3. The van der Waals surface area contributed by atoms with Gasteiger partial charge in [0.25, 0.3) is 5.91 Å². The number of hydrogen-bond donors (Lipinski definition) is 3. The van der Waals surface area contributed by atoms with Crippen molar-refractivity contribution in [3.05, 3.63) is 107 Å². The molecule has 0 radical (unpaired) electrons. The minimum atomic E-state index is -1.52. The Labute approximate surface area is 317 Å². The molecule has 4 aromatic rings.